The number of fused-ring (bicyclic) bond motifs is 1. The van der Waals surface area contributed by atoms with Crippen molar-refractivity contribution >= 4 is 11.9 Å². The van der Waals surface area contributed by atoms with Crippen LogP contribution < -0.4 is 4.73 Å². The number of carbonyl (C=O) groups excluding carboxylic acids is 2. The van der Waals surface area contributed by atoms with E-state index < -0.39 is 11.9 Å². The summed E-state index contributed by atoms with van der Waals surface area (Å²) < 4.78 is 4.70. The van der Waals surface area contributed by atoms with Crippen molar-refractivity contribution in [3.63, 3.8) is 0 Å². The van der Waals surface area contributed by atoms with Crippen molar-refractivity contribution < 1.29 is 19.1 Å². The third kappa shape index (κ3) is 0.763. The minimum atomic E-state index is -0.764. The van der Waals surface area contributed by atoms with Gasteiger partial charge in [0.05, 0.1) is 5.56 Å². The molecule has 60 valence electrons. The van der Waals surface area contributed by atoms with Crippen LogP contribution in [0.1, 0.15) is 20.7 Å². The van der Waals surface area contributed by atoms with Gasteiger partial charge in [0.1, 0.15) is 5.56 Å². The van der Waals surface area contributed by atoms with E-state index in [1.54, 1.807) is 0 Å². The minimum absolute atomic E-state index is 0.0255. The monoisotopic (exact) mass is 165 g/mol. The number of carbonyl (C=O) groups is 2. The predicted octanol–water partition coefficient (Wildman–Crippen LogP) is -0.369. The lowest BCUT2D eigenvalue weighted by Gasteiger charge is -1.93. The lowest BCUT2D eigenvalue weighted by molar-refractivity contribution is -0.605. The molecular formula is C7H3NO4. The van der Waals surface area contributed by atoms with E-state index in [2.05, 4.69) is 4.74 Å². The van der Waals surface area contributed by atoms with Crippen LogP contribution in [0.5, 0.6) is 0 Å². The predicted molar refractivity (Wildman–Crippen MR) is 35.1 cm³/mol. The van der Waals surface area contributed by atoms with Crippen molar-refractivity contribution in [2.75, 3.05) is 0 Å². The van der Waals surface area contributed by atoms with Gasteiger partial charge in [-0.25, -0.2) is 9.59 Å². The van der Waals surface area contributed by atoms with Crippen molar-refractivity contribution in [1.29, 1.82) is 0 Å². The van der Waals surface area contributed by atoms with E-state index in [0.29, 0.717) is 4.73 Å². The average Bonchev–Trinajstić information content (AvgIpc) is 2.28. The molecule has 0 radical (unpaired) electrons. The number of cyclic esters (lactones) is 2. The Morgan fingerprint density at radius 1 is 1.25 bits per heavy atom. The molecule has 2 heterocycles. The summed E-state index contributed by atoms with van der Waals surface area (Å²) in [4.78, 5) is 21.7. The molecule has 12 heavy (non-hydrogen) atoms. The number of ether oxygens (including phenoxy) is 1. The van der Waals surface area contributed by atoms with Crippen LogP contribution in [-0.2, 0) is 4.74 Å². The Morgan fingerprint density at radius 2 is 1.92 bits per heavy atom. The lowest BCUT2D eigenvalue weighted by Crippen LogP contribution is -2.25. The molecule has 5 heteroatoms. The normalized spacial score (nSPS) is 14.3. The first-order chi connectivity index (χ1) is 5.68. The summed E-state index contributed by atoms with van der Waals surface area (Å²) in [6, 6.07) is 1.26. The fourth-order valence-corrected chi connectivity index (χ4v) is 1.01. The molecule has 0 aliphatic carbocycles. The van der Waals surface area contributed by atoms with Gasteiger partial charge in [-0.15, -0.1) is 0 Å². The number of rotatable bonds is 0. The van der Waals surface area contributed by atoms with Crippen molar-refractivity contribution in [1.82, 2.24) is 0 Å². The minimum Gasteiger partial charge on any atom is -0.619 e. The Morgan fingerprint density at radius 3 is 2.67 bits per heavy atom. The van der Waals surface area contributed by atoms with Crippen LogP contribution in [0, 0.1) is 5.21 Å². The van der Waals surface area contributed by atoms with Crippen molar-refractivity contribution in [2.24, 2.45) is 0 Å². The molecule has 1 aromatic heterocycles. The molecule has 1 aliphatic heterocycles. The van der Waals surface area contributed by atoms with E-state index in [0.717, 1.165) is 12.4 Å². The van der Waals surface area contributed by atoms with Gasteiger partial charge in [-0.1, -0.05) is 0 Å². The first-order valence-corrected chi connectivity index (χ1v) is 3.18. The summed E-state index contributed by atoms with van der Waals surface area (Å²) in [6.45, 7) is 0. The van der Waals surface area contributed by atoms with E-state index in [4.69, 9.17) is 0 Å². The number of pyridine rings is 1. The fraction of sp³-hybridized carbons (Fsp3) is 0. The molecule has 2 rings (SSSR count). The highest BCUT2D eigenvalue weighted by Crippen LogP contribution is 2.16. The summed E-state index contributed by atoms with van der Waals surface area (Å²) in [7, 11) is 0. The molecule has 0 atom stereocenters. The highest BCUT2D eigenvalue weighted by atomic mass is 16.6. The lowest BCUT2D eigenvalue weighted by atomic mass is 10.2. The molecule has 0 fully saturated rings. The van der Waals surface area contributed by atoms with Gasteiger partial charge in [0.2, 0.25) is 0 Å². The highest BCUT2D eigenvalue weighted by Gasteiger charge is 2.31. The van der Waals surface area contributed by atoms with Crippen LogP contribution in [0.25, 0.3) is 0 Å². The zero-order valence-electron chi connectivity index (χ0n) is 5.81. The van der Waals surface area contributed by atoms with Gasteiger partial charge < -0.3 is 9.94 Å². The second-order valence-corrected chi connectivity index (χ2v) is 2.31. The molecule has 0 spiro atoms. The van der Waals surface area contributed by atoms with Crippen molar-refractivity contribution in [2.45, 2.75) is 0 Å². The first-order valence-electron chi connectivity index (χ1n) is 3.18. The summed E-state index contributed by atoms with van der Waals surface area (Å²) in [5.74, 6) is -1.46. The molecule has 5 nitrogen and oxygen atoms in total. The molecule has 1 aliphatic rings. The Balaban J connectivity index is 2.68. The van der Waals surface area contributed by atoms with E-state index in [9.17, 15) is 14.8 Å². The van der Waals surface area contributed by atoms with Gasteiger partial charge in [0.25, 0.3) is 0 Å². The zero-order chi connectivity index (χ0) is 8.72. The van der Waals surface area contributed by atoms with Gasteiger partial charge in [0, 0.05) is 6.07 Å². The molecule has 0 bridgehead atoms. The van der Waals surface area contributed by atoms with E-state index in [1.165, 1.54) is 6.07 Å². The van der Waals surface area contributed by atoms with E-state index >= 15 is 0 Å². The van der Waals surface area contributed by atoms with Crippen LogP contribution in [0.15, 0.2) is 18.5 Å². The molecule has 0 amide bonds. The van der Waals surface area contributed by atoms with E-state index in [-0.39, 0.29) is 11.1 Å². The molecular weight excluding hydrogens is 162 g/mol. The summed E-state index contributed by atoms with van der Waals surface area (Å²) in [6.07, 6.45) is 2.15. The number of esters is 2. The van der Waals surface area contributed by atoms with Gasteiger partial charge in [0.15, 0.2) is 12.4 Å². The van der Waals surface area contributed by atoms with Crippen molar-refractivity contribution in [3.05, 3.63) is 34.8 Å². The maximum atomic E-state index is 10.8. The quantitative estimate of drug-likeness (QED) is 0.227. The summed E-state index contributed by atoms with van der Waals surface area (Å²) >= 11 is 0. The Bertz CT molecular complexity index is 385. The Labute approximate surface area is 66.8 Å². The smallest absolute Gasteiger partial charge is 0.353 e. The van der Waals surface area contributed by atoms with E-state index in [1.807, 2.05) is 0 Å². The molecule has 0 saturated heterocycles. The molecule has 0 unspecified atom stereocenters. The zero-order valence-corrected chi connectivity index (χ0v) is 5.81. The van der Waals surface area contributed by atoms with Gasteiger partial charge in [-0.2, -0.15) is 4.73 Å². The van der Waals surface area contributed by atoms with Gasteiger partial charge in [-0.05, 0) is 0 Å². The van der Waals surface area contributed by atoms with Gasteiger partial charge >= 0.3 is 11.9 Å². The second kappa shape index (κ2) is 2.04. The first kappa shape index (κ1) is 6.78. The van der Waals surface area contributed by atoms with Crippen molar-refractivity contribution in [3.8, 4) is 0 Å². The number of hydrogen-bond donors (Lipinski definition) is 0. The van der Waals surface area contributed by atoms with Crippen LogP contribution in [-0.4, -0.2) is 11.9 Å². The molecule has 0 aromatic carbocycles. The highest BCUT2D eigenvalue weighted by molar-refractivity contribution is 6.14. The maximum Gasteiger partial charge on any atom is 0.353 e. The molecule has 0 N–H and O–H groups in total. The fourth-order valence-electron chi connectivity index (χ4n) is 1.01. The number of nitrogens with zero attached hydrogens (tertiary/aromatic N) is 1. The maximum absolute atomic E-state index is 10.8. The molecule has 1 aromatic rings. The summed E-state index contributed by atoms with van der Waals surface area (Å²) in [5, 5.41) is 10.7. The number of hydrogen-bond acceptors (Lipinski definition) is 4. The summed E-state index contributed by atoms with van der Waals surface area (Å²) in [5.41, 5.74) is 0.171. The van der Waals surface area contributed by atoms with Crippen LogP contribution in [0.3, 0.4) is 0 Å². The topological polar surface area (TPSA) is 70.3 Å². The number of aromatic nitrogens is 1. The third-order valence-electron chi connectivity index (χ3n) is 1.56. The standard InChI is InChI=1S/C7H3NO4/c9-6-4-1-2-8(11)3-5(4)7(10)12-6/h1-3H. The third-order valence-corrected chi connectivity index (χ3v) is 1.56. The van der Waals surface area contributed by atoms with Crippen LogP contribution in [0.4, 0.5) is 0 Å². The van der Waals surface area contributed by atoms with Crippen LogP contribution in [0.2, 0.25) is 0 Å². The Hall–Kier alpha value is -1.91. The second-order valence-electron chi connectivity index (χ2n) is 2.31. The SMILES string of the molecule is O=C1OC(=O)c2c[n+]([O-])ccc21. The van der Waals surface area contributed by atoms with Crippen LogP contribution >= 0.6 is 0 Å². The van der Waals surface area contributed by atoms with Gasteiger partial charge in [-0.3, -0.25) is 0 Å². The average molecular weight is 165 g/mol. The largest absolute Gasteiger partial charge is 0.619 e. The Kier molecular flexibility index (Phi) is 1.15. The molecule has 0 saturated carbocycles.